The molecule has 0 aliphatic carbocycles. The summed E-state index contributed by atoms with van der Waals surface area (Å²) in [7, 11) is 0. The van der Waals surface area contributed by atoms with Gasteiger partial charge < -0.3 is 4.74 Å². The SMILES string of the molecule is CCCCCC(Cl)CC(=O)OCC. The van der Waals surface area contributed by atoms with Gasteiger partial charge in [-0.3, -0.25) is 4.79 Å². The summed E-state index contributed by atoms with van der Waals surface area (Å²) in [5, 5.41) is -0.0504. The molecule has 0 aromatic rings. The first-order valence-corrected chi connectivity index (χ1v) is 5.44. The van der Waals surface area contributed by atoms with Crippen LogP contribution in [0.25, 0.3) is 0 Å². The van der Waals surface area contributed by atoms with Crippen molar-refractivity contribution in [3.05, 3.63) is 0 Å². The predicted octanol–water partition coefficient (Wildman–Crippen LogP) is 3.13. The molecule has 0 radical (unpaired) electrons. The summed E-state index contributed by atoms with van der Waals surface area (Å²) < 4.78 is 4.80. The zero-order valence-electron chi connectivity index (χ0n) is 8.51. The van der Waals surface area contributed by atoms with Crippen LogP contribution in [0.5, 0.6) is 0 Å². The first-order chi connectivity index (χ1) is 6.20. The zero-order valence-corrected chi connectivity index (χ0v) is 9.27. The van der Waals surface area contributed by atoms with Gasteiger partial charge >= 0.3 is 5.97 Å². The fourth-order valence-electron chi connectivity index (χ4n) is 1.12. The molecule has 0 amide bonds. The van der Waals surface area contributed by atoms with E-state index < -0.39 is 0 Å². The lowest BCUT2D eigenvalue weighted by atomic mass is 10.1. The van der Waals surface area contributed by atoms with E-state index in [1.54, 1.807) is 6.92 Å². The minimum absolute atomic E-state index is 0.0504. The largest absolute Gasteiger partial charge is 0.466 e. The highest BCUT2D eigenvalue weighted by atomic mass is 35.5. The first-order valence-electron chi connectivity index (χ1n) is 5.00. The molecule has 3 heteroatoms. The lowest BCUT2D eigenvalue weighted by Gasteiger charge is -2.07. The normalized spacial score (nSPS) is 12.5. The fraction of sp³-hybridized carbons (Fsp3) is 0.900. The van der Waals surface area contributed by atoms with E-state index in [1.165, 1.54) is 12.8 Å². The fourth-order valence-corrected chi connectivity index (χ4v) is 1.40. The van der Waals surface area contributed by atoms with Crippen molar-refractivity contribution in [1.82, 2.24) is 0 Å². The van der Waals surface area contributed by atoms with Gasteiger partial charge in [-0.2, -0.15) is 0 Å². The maximum Gasteiger partial charge on any atom is 0.307 e. The molecule has 2 nitrogen and oxygen atoms in total. The van der Waals surface area contributed by atoms with Gasteiger partial charge in [-0.25, -0.2) is 0 Å². The molecule has 1 unspecified atom stereocenters. The van der Waals surface area contributed by atoms with Gasteiger partial charge in [0.05, 0.1) is 13.0 Å². The molecule has 0 rings (SSSR count). The molecule has 0 aromatic heterocycles. The minimum atomic E-state index is -0.181. The van der Waals surface area contributed by atoms with Crippen LogP contribution in [0.15, 0.2) is 0 Å². The summed E-state index contributed by atoms with van der Waals surface area (Å²) in [5.74, 6) is -0.181. The van der Waals surface area contributed by atoms with Crippen LogP contribution in [0.4, 0.5) is 0 Å². The highest BCUT2D eigenvalue weighted by Gasteiger charge is 2.10. The molecule has 0 heterocycles. The molecule has 0 bridgehead atoms. The number of halogens is 1. The Morgan fingerprint density at radius 3 is 2.62 bits per heavy atom. The maximum absolute atomic E-state index is 11.0. The van der Waals surface area contributed by atoms with Gasteiger partial charge in [0.2, 0.25) is 0 Å². The molecule has 0 spiro atoms. The van der Waals surface area contributed by atoms with E-state index in [4.69, 9.17) is 16.3 Å². The average molecular weight is 207 g/mol. The van der Waals surface area contributed by atoms with Gasteiger partial charge in [0.15, 0.2) is 0 Å². The number of hydrogen-bond donors (Lipinski definition) is 0. The standard InChI is InChI=1S/C10H19ClO2/c1-3-5-6-7-9(11)8-10(12)13-4-2/h9H,3-8H2,1-2H3. The minimum Gasteiger partial charge on any atom is -0.466 e. The Labute approximate surface area is 85.6 Å². The van der Waals surface area contributed by atoms with Crippen LogP contribution >= 0.6 is 11.6 Å². The van der Waals surface area contributed by atoms with E-state index in [2.05, 4.69) is 6.92 Å². The Bertz CT molecular complexity index is 137. The molecule has 0 saturated carbocycles. The zero-order chi connectivity index (χ0) is 10.1. The lowest BCUT2D eigenvalue weighted by Crippen LogP contribution is -2.11. The Balaban J connectivity index is 3.38. The quantitative estimate of drug-likeness (QED) is 0.364. The third-order valence-electron chi connectivity index (χ3n) is 1.81. The van der Waals surface area contributed by atoms with Gasteiger partial charge in [0.25, 0.3) is 0 Å². The van der Waals surface area contributed by atoms with Crippen LogP contribution in [-0.4, -0.2) is 18.0 Å². The van der Waals surface area contributed by atoms with E-state index in [9.17, 15) is 4.79 Å². The van der Waals surface area contributed by atoms with Crippen LogP contribution in [-0.2, 0) is 9.53 Å². The smallest absolute Gasteiger partial charge is 0.307 e. The van der Waals surface area contributed by atoms with Crippen molar-refractivity contribution in [2.75, 3.05) is 6.61 Å². The second-order valence-corrected chi connectivity index (χ2v) is 3.72. The first kappa shape index (κ1) is 12.8. The monoisotopic (exact) mass is 206 g/mol. The Kier molecular flexibility index (Phi) is 8.21. The third kappa shape index (κ3) is 8.10. The Morgan fingerprint density at radius 1 is 1.38 bits per heavy atom. The van der Waals surface area contributed by atoms with Crippen LogP contribution in [0.3, 0.4) is 0 Å². The van der Waals surface area contributed by atoms with Crippen molar-refractivity contribution in [2.24, 2.45) is 0 Å². The average Bonchev–Trinajstić information content (AvgIpc) is 2.05. The summed E-state index contributed by atoms with van der Waals surface area (Å²) in [6.07, 6.45) is 4.73. The molecule has 0 N–H and O–H groups in total. The van der Waals surface area contributed by atoms with Crippen molar-refractivity contribution >= 4 is 17.6 Å². The number of ether oxygens (including phenoxy) is 1. The molecule has 0 fully saturated rings. The molecule has 0 aliphatic rings. The van der Waals surface area contributed by atoms with E-state index in [0.29, 0.717) is 13.0 Å². The van der Waals surface area contributed by atoms with Crippen LogP contribution in [0.1, 0.15) is 46.0 Å². The topological polar surface area (TPSA) is 26.3 Å². The number of alkyl halides is 1. The molecule has 0 saturated heterocycles. The highest BCUT2D eigenvalue weighted by molar-refractivity contribution is 6.21. The van der Waals surface area contributed by atoms with Gasteiger partial charge in [-0.05, 0) is 13.3 Å². The van der Waals surface area contributed by atoms with Gasteiger partial charge in [-0.15, -0.1) is 11.6 Å². The molecule has 1 atom stereocenters. The van der Waals surface area contributed by atoms with Crippen molar-refractivity contribution in [1.29, 1.82) is 0 Å². The van der Waals surface area contributed by atoms with Gasteiger partial charge in [0, 0.05) is 5.38 Å². The number of esters is 1. The van der Waals surface area contributed by atoms with E-state index in [1.807, 2.05) is 0 Å². The number of carbonyl (C=O) groups excluding carboxylic acids is 1. The van der Waals surface area contributed by atoms with Crippen molar-refractivity contribution in [3.8, 4) is 0 Å². The van der Waals surface area contributed by atoms with Gasteiger partial charge in [-0.1, -0.05) is 26.2 Å². The number of hydrogen-bond acceptors (Lipinski definition) is 2. The molecular formula is C10H19ClO2. The summed E-state index contributed by atoms with van der Waals surface area (Å²) in [6, 6.07) is 0. The third-order valence-corrected chi connectivity index (χ3v) is 2.19. The summed E-state index contributed by atoms with van der Waals surface area (Å²) in [5.41, 5.74) is 0. The number of carbonyl (C=O) groups is 1. The predicted molar refractivity (Wildman–Crippen MR) is 55.0 cm³/mol. The van der Waals surface area contributed by atoms with Crippen molar-refractivity contribution in [2.45, 2.75) is 51.3 Å². The molecule has 0 aromatic carbocycles. The van der Waals surface area contributed by atoms with Crippen LogP contribution < -0.4 is 0 Å². The lowest BCUT2D eigenvalue weighted by molar-refractivity contribution is -0.143. The van der Waals surface area contributed by atoms with Gasteiger partial charge in [0.1, 0.15) is 0 Å². The maximum atomic E-state index is 11.0. The summed E-state index contributed by atoms with van der Waals surface area (Å²) in [6.45, 7) is 4.39. The second-order valence-electron chi connectivity index (χ2n) is 3.10. The second kappa shape index (κ2) is 8.36. The number of unbranched alkanes of at least 4 members (excludes halogenated alkanes) is 2. The molecule has 78 valence electrons. The molecule has 13 heavy (non-hydrogen) atoms. The Morgan fingerprint density at radius 2 is 2.08 bits per heavy atom. The van der Waals surface area contributed by atoms with E-state index in [0.717, 1.165) is 12.8 Å². The summed E-state index contributed by atoms with van der Waals surface area (Å²) in [4.78, 5) is 11.0. The van der Waals surface area contributed by atoms with Crippen LogP contribution in [0, 0.1) is 0 Å². The van der Waals surface area contributed by atoms with E-state index in [-0.39, 0.29) is 11.3 Å². The van der Waals surface area contributed by atoms with Crippen molar-refractivity contribution in [3.63, 3.8) is 0 Å². The highest BCUT2D eigenvalue weighted by Crippen LogP contribution is 2.13. The summed E-state index contributed by atoms with van der Waals surface area (Å²) >= 11 is 5.95. The molecular weight excluding hydrogens is 188 g/mol. The molecule has 0 aliphatic heterocycles. The van der Waals surface area contributed by atoms with Crippen molar-refractivity contribution < 1.29 is 9.53 Å². The Hall–Kier alpha value is -0.240. The van der Waals surface area contributed by atoms with E-state index >= 15 is 0 Å². The van der Waals surface area contributed by atoms with Crippen LogP contribution in [0.2, 0.25) is 0 Å². The number of rotatable bonds is 7.